The Morgan fingerprint density at radius 2 is 2.14 bits per heavy atom. The van der Waals surface area contributed by atoms with Crippen LogP contribution in [0.15, 0.2) is 16.9 Å². The van der Waals surface area contributed by atoms with E-state index in [0.717, 1.165) is 5.69 Å². The van der Waals surface area contributed by atoms with Crippen molar-refractivity contribution in [2.45, 2.75) is 19.8 Å². The number of rotatable bonds is 3. The third-order valence-corrected chi connectivity index (χ3v) is 2.24. The summed E-state index contributed by atoms with van der Waals surface area (Å²) in [5.74, 6) is -0.882. The maximum Gasteiger partial charge on any atom is 0.303 e. The molecule has 0 aliphatic carbocycles. The summed E-state index contributed by atoms with van der Waals surface area (Å²) in [6.45, 7) is 1.84. The zero-order chi connectivity index (χ0) is 10.7. The summed E-state index contributed by atoms with van der Waals surface area (Å²) in [4.78, 5) is 21.9. The van der Waals surface area contributed by atoms with E-state index in [0.29, 0.717) is 12.0 Å². The zero-order valence-electron chi connectivity index (χ0n) is 8.28. The van der Waals surface area contributed by atoms with Gasteiger partial charge >= 0.3 is 5.97 Å². The lowest BCUT2D eigenvalue weighted by atomic mass is 10.1. The first-order valence-electron chi connectivity index (χ1n) is 4.39. The molecule has 0 aromatic carbocycles. The Bertz CT molecular complexity index is 406. The molecule has 4 heteroatoms. The van der Waals surface area contributed by atoms with Gasteiger partial charge in [-0.1, -0.05) is 6.07 Å². The molecule has 0 saturated carbocycles. The second-order valence-corrected chi connectivity index (χ2v) is 3.26. The molecule has 0 spiro atoms. The third kappa shape index (κ3) is 2.22. The molecule has 0 unspecified atom stereocenters. The number of aryl methyl sites for hydroxylation is 2. The number of carbonyl (C=O) groups is 1. The number of nitrogens with zero attached hydrogens (tertiary/aromatic N) is 1. The van der Waals surface area contributed by atoms with E-state index in [9.17, 15) is 9.59 Å². The molecular weight excluding hydrogens is 182 g/mol. The highest BCUT2D eigenvalue weighted by atomic mass is 16.4. The summed E-state index contributed by atoms with van der Waals surface area (Å²) >= 11 is 0. The number of hydrogen-bond donors (Lipinski definition) is 1. The van der Waals surface area contributed by atoms with Gasteiger partial charge in [0, 0.05) is 24.7 Å². The second kappa shape index (κ2) is 4.09. The standard InChI is InChI=1S/C10H13NO3/c1-7-3-4-8(5-6-9(12)13)10(14)11(7)2/h3-4H,5-6H2,1-2H3,(H,12,13). The molecule has 0 bridgehead atoms. The Labute approximate surface area is 81.8 Å². The Kier molecular flexibility index (Phi) is 3.06. The van der Waals surface area contributed by atoms with Gasteiger partial charge < -0.3 is 9.67 Å². The Balaban J connectivity index is 2.95. The fraction of sp³-hybridized carbons (Fsp3) is 0.400. The lowest BCUT2D eigenvalue weighted by Crippen LogP contribution is -2.22. The average Bonchev–Trinajstić information content (AvgIpc) is 2.13. The van der Waals surface area contributed by atoms with Gasteiger partial charge in [0.25, 0.3) is 5.56 Å². The smallest absolute Gasteiger partial charge is 0.303 e. The van der Waals surface area contributed by atoms with E-state index in [1.54, 1.807) is 13.1 Å². The van der Waals surface area contributed by atoms with E-state index in [4.69, 9.17) is 5.11 Å². The number of carboxylic acid groups (broad SMARTS) is 1. The third-order valence-electron chi connectivity index (χ3n) is 2.24. The predicted molar refractivity (Wildman–Crippen MR) is 52.4 cm³/mol. The van der Waals surface area contributed by atoms with Gasteiger partial charge in [0.05, 0.1) is 0 Å². The molecular formula is C10H13NO3. The molecule has 0 aliphatic heterocycles. The van der Waals surface area contributed by atoms with E-state index >= 15 is 0 Å². The Morgan fingerprint density at radius 3 is 2.71 bits per heavy atom. The van der Waals surface area contributed by atoms with Crippen LogP contribution < -0.4 is 5.56 Å². The van der Waals surface area contributed by atoms with E-state index < -0.39 is 5.97 Å². The van der Waals surface area contributed by atoms with Crippen LogP contribution in [-0.4, -0.2) is 15.6 Å². The van der Waals surface area contributed by atoms with Crippen LogP contribution in [0, 0.1) is 6.92 Å². The number of hydrogen-bond acceptors (Lipinski definition) is 2. The van der Waals surface area contributed by atoms with E-state index in [1.807, 2.05) is 13.0 Å². The second-order valence-electron chi connectivity index (χ2n) is 3.26. The highest BCUT2D eigenvalue weighted by Crippen LogP contribution is 1.99. The fourth-order valence-corrected chi connectivity index (χ4v) is 1.21. The van der Waals surface area contributed by atoms with Gasteiger partial charge in [0.2, 0.25) is 0 Å². The number of carboxylic acids is 1. The summed E-state index contributed by atoms with van der Waals surface area (Å²) in [5.41, 5.74) is 1.32. The van der Waals surface area contributed by atoms with Crippen molar-refractivity contribution in [1.82, 2.24) is 4.57 Å². The topological polar surface area (TPSA) is 59.3 Å². The molecule has 4 nitrogen and oxygen atoms in total. The molecule has 1 aromatic heterocycles. The molecule has 0 saturated heterocycles. The van der Waals surface area contributed by atoms with Gasteiger partial charge in [0.15, 0.2) is 0 Å². The maximum atomic E-state index is 11.6. The molecule has 1 aromatic rings. The molecule has 0 amide bonds. The van der Waals surface area contributed by atoms with Crippen molar-refractivity contribution in [2.75, 3.05) is 0 Å². The molecule has 76 valence electrons. The summed E-state index contributed by atoms with van der Waals surface area (Å²) in [6.07, 6.45) is 0.292. The van der Waals surface area contributed by atoms with E-state index in [2.05, 4.69) is 0 Å². The summed E-state index contributed by atoms with van der Waals surface area (Å²) in [7, 11) is 1.68. The first-order chi connectivity index (χ1) is 6.52. The zero-order valence-corrected chi connectivity index (χ0v) is 8.28. The molecule has 1 N–H and O–H groups in total. The maximum absolute atomic E-state index is 11.6. The van der Waals surface area contributed by atoms with Crippen molar-refractivity contribution in [3.05, 3.63) is 33.7 Å². The molecule has 0 radical (unpaired) electrons. The first kappa shape index (κ1) is 10.5. The molecule has 14 heavy (non-hydrogen) atoms. The summed E-state index contributed by atoms with van der Waals surface area (Å²) in [5, 5.41) is 8.48. The van der Waals surface area contributed by atoms with Crippen LogP contribution in [0.4, 0.5) is 0 Å². The van der Waals surface area contributed by atoms with Crippen LogP contribution in [-0.2, 0) is 18.3 Å². The molecule has 1 heterocycles. The van der Waals surface area contributed by atoms with Gasteiger partial charge in [-0.15, -0.1) is 0 Å². The fourth-order valence-electron chi connectivity index (χ4n) is 1.21. The minimum absolute atomic E-state index is 0.00169. The normalized spacial score (nSPS) is 10.1. The molecule has 0 aliphatic rings. The summed E-state index contributed by atoms with van der Waals surface area (Å²) in [6, 6.07) is 3.51. The highest BCUT2D eigenvalue weighted by Gasteiger charge is 2.05. The van der Waals surface area contributed by atoms with E-state index in [1.165, 1.54) is 4.57 Å². The number of aromatic nitrogens is 1. The predicted octanol–water partition coefficient (Wildman–Crippen LogP) is 0.711. The first-order valence-corrected chi connectivity index (χ1v) is 4.39. The minimum Gasteiger partial charge on any atom is -0.481 e. The highest BCUT2D eigenvalue weighted by molar-refractivity contribution is 5.67. The van der Waals surface area contributed by atoms with Crippen molar-refractivity contribution in [2.24, 2.45) is 7.05 Å². The Morgan fingerprint density at radius 1 is 1.50 bits per heavy atom. The van der Waals surface area contributed by atoms with Gasteiger partial charge in [-0.25, -0.2) is 0 Å². The lowest BCUT2D eigenvalue weighted by molar-refractivity contribution is -0.136. The van der Waals surface area contributed by atoms with Crippen molar-refractivity contribution in [1.29, 1.82) is 0 Å². The van der Waals surface area contributed by atoms with E-state index in [-0.39, 0.29) is 12.0 Å². The molecule has 1 rings (SSSR count). The van der Waals surface area contributed by atoms with Gasteiger partial charge in [-0.3, -0.25) is 9.59 Å². The number of aliphatic carboxylic acids is 1. The lowest BCUT2D eigenvalue weighted by Gasteiger charge is -2.05. The van der Waals surface area contributed by atoms with Crippen LogP contribution in [0.25, 0.3) is 0 Å². The number of pyridine rings is 1. The quantitative estimate of drug-likeness (QED) is 0.772. The van der Waals surface area contributed by atoms with Crippen LogP contribution in [0.2, 0.25) is 0 Å². The van der Waals surface area contributed by atoms with Crippen LogP contribution in [0.3, 0.4) is 0 Å². The van der Waals surface area contributed by atoms with Gasteiger partial charge in [-0.05, 0) is 19.4 Å². The molecule has 0 fully saturated rings. The average molecular weight is 195 g/mol. The van der Waals surface area contributed by atoms with Crippen LogP contribution >= 0.6 is 0 Å². The molecule has 0 atom stereocenters. The Hall–Kier alpha value is -1.58. The van der Waals surface area contributed by atoms with Crippen molar-refractivity contribution in [3.8, 4) is 0 Å². The van der Waals surface area contributed by atoms with Crippen LogP contribution in [0.5, 0.6) is 0 Å². The van der Waals surface area contributed by atoms with Crippen molar-refractivity contribution >= 4 is 5.97 Å². The minimum atomic E-state index is -0.882. The van der Waals surface area contributed by atoms with Gasteiger partial charge in [-0.2, -0.15) is 0 Å². The monoisotopic (exact) mass is 195 g/mol. The SMILES string of the molecule is Cc1ccc(CCC(=O)O)c(=O)n1C. The van der Waals surface area contributed by atoms with Crippen molar-refractivity contribution in [3.63, 3.8) is 0 Å². The van der Waals surface area contributed by atoms with Gasteiger partial charge in [0.1, 0.15) is 0 Å². The largest absolute Gasteiger partial charge is 0.481 e. The van der Waals surface area contributed by atoms with Crippen molar-refractivity contribution < 1.29 is 9.90 Å². The van der Waals surface area contributed by atoms with Crippen LogP contribution in [0.1, 0.15) is 17.7 Å². The summed E-state index contributed by atoms with van der Waals surface area (Å²) < 4.78 is 1.52.